The van der Waals surface area contributed by atoms with E-state index in [1.54, 1.807) is 0 Å². The molecule has 0 radical (unpaired) electrons. The van der Waals surface area contributed by atoms with E-state index in [0.29, 0.717) is 12.5 Å². The Hall–Kier alpha value is -0.830. The molecule has 0 aromatic heterocycles. The third-order valence-electron chi connectivity index (χ3n) is 2.85. The lowest BCUT2D eigenvalue weighted by Gasteiger charge is -2.19. The van der Waals surface area contributed by atoms with Gasteiger partial charge in [0.25, 0.3) is 0 Å². The van der Waals surface area contributed by atoms with Crippen molar-refractivity contribution in [3.8, 4) is 0 Å². The summed E-state index contributed by atoms with van der Waals surface area (Å²) in [4.78, 5) is 11.6. The molecule has 0 bridgehead atoms. The summed E-state index contributed by atoms with van der Waals surface area (Å²) in [6.07, 6.45) is 3.34. The van der Waals surface area contributed by atoms with Gasteiger partial charge >= 0.3 is 5.97 Å². The number of hydrogen-bond donors (Lipinski definition) is 1. The quantitative estimate of drug-likeness (QED) is 0.689. The van der Waals surface area contributed by atoms with Gasteiger partial charge in [0.15, 0.2) is 0 Å². The molecule has 3 heteroatoms. The van der Waals surface area contributed by atoms with E-state index in [0.717, 1.165) is 25.1 Å². The van der Waals surface area contributed by atoms with Gasteiger partial charge in [-0.2, -0.15) is 0 Å². The standard InChI is InChI=1S/C11H17NO2/c1-2-14-11(13)9-5-6-12-7-10(9)8-3-4-8/h8,12H,2-7H2,1H3. The second-order valence-corrected chi connectivity index (χ2v) is 3.93. The van der Waals surface area contributed by atoms with E-state index in [1.807, 2.05) is 6.92 Å². The SMILES string of the molecule is CCOC(=O)C1=C(C2CC2)CNCC1. The zero-order chi connectivity index (χ0) is 9.97. The van der Waals surface area contributed by atoms with Crippen molar-refractivity contribution in [2.24, 2.45) is 5.92 Å². The molecule has 1 aliphatic carbocycles. The average molecular weight is 195 g/mol. The number of hydrogen-bond acceptors (Lipinski definition) is 3. The molecule has 1 saturated carbocycles. The number of rotatable bonds is 3. The number of carbonyl (C=O) groups excluding carboxylic acids is 1. The molecular formula is C11H17NO2. The molecule has 0 amide bonds. The lowest BCUT2D eigenvalue weighted by Crippen LogP contribution is -2.29. The van der Waals surface area contributed by atoms with Gasteiger partial charge in [-0.25, -0.2) is 4.79 Å². The lowest BCUT2D eigenvalue weighted by atomic mass is 9.98. The molecule has 3 nitrogen and oxygen atoms in total. The summed E-state index contributed by atoms with van der Waals surface area (Å²) in [5.41, 5.74) is 2.27. The zero-order valence-corrected chi connectivity index (χ0v) is 8.64. The topological polar surface area (TPSA) is 38.3 Å². The van der Waals surface area contributed by atoms with E-state index in [-0.39, 0.29) is 5.97 Å². The van der Waals surface area contributed by atoms with Gasteiger partial charge in [0, 0.05) is 12.1 Å². The first-order valence-electron chi connectivity index (χ1n) is 5.42. The Morgan fingerprint density at radius 2 is 2.36 bits per heavy atom. The van der Waals surface area contributed by atoms with E-state index in [1.165, 1.54) is 18.4 Å². The number of ether oxygens (including phenoxy) is 1. The van der Waals surface area contributed by atoms with Crippen molar-refractivity contribution >= 4 is 5.97 Å². The smallest absolute Gasteiger partial charge is 0.334 e. The van der Waals surface area contributed by atoms with Crippen LogP contribution in [0.3, 0.4) is 0 Å². The summed E-state index contributed by atoms with van der Waals surface area (Å²) in [7, 11) is 0. The molecule has 14 heavy (non-hydrogen) atoms. The van der Waals surface area contributed by atoms with Gasteiger partial charge in [0.05, 0.1) is 6.61 Å². The van der Waals surface area contributed by atoms with Crippen LogP contribution in [0.2, 0.25) is 0 Å². The predicted molar refractivity (Wildman–Crippen MR) is 53.9 cm³/mol. The highest BCUT2D eigenvalue weighted by Gasteiger charge is 2.31. The zero-order valence-electron chi connectivity index (χ0n) is 8.64. The normalized spacial score (nSPS) is 22.4. The van der Waals surface area contributed by atoms with Crippen molar-refractivity contribution in [2.75, 3.05) is 19.7 Å². The Kier molecular flexibility index (Phi) is 2.87. The van der Waals surface area contributed by atoms with E-state index in [9.17, 15) is 4.79 Å². The summed E-state index contributed by atoms with van der Waals surface area (Å²) < 4.78 is 5.06. The molecule has 2 rings (SSSR count). The monoisotopic (exact) mass is 195 g/mol. The third-order valence-corrected chi connectivity index (χ3v) is 2.85. The van der Waals surface area contributed by atoms with Crippen LogP contribution in [-0.2, 0) is 9.53 Å². The molecule has 1 fully saturated rings. The Morgan fingerprint density at radius 3 is 3.00 bits per heavy atom. The first-order chi connectivity index (χ1) is 6.83. The van der Waals surface area contributed by atoms with Crippen LogP contribution in [0.25, 0.3) is 0 Å². The first kappa shape index (κ1) is 9.71. The maximum absolute atomic E-state index is 11.6. The number of nitrogens with one attached hydrogen (secondary N) is 1. The highest BCUT2D eigenvalue weighted by atomic mass is 16.5. The molecule has 78 valence electrons. The van der Waals surface area contributed by atoms with Gasteiger partial charge in [0.2, 0.25) is 0 Å². The van der Waals surface area contributed by atoms with Crippen molar-refractivity contribution in [3.05, 3.63) is 11.1 Å². The molecule has 1 aliphatic heterocycles. The minimum absolute atomic E-state index is 0.0871. The highest BCUT2D eigenvalue weighted by molar-refractivity contribution is 5.89. The van der Waals surface area contributed by atoms with Crippen molar-refractivity contribution in [2.45, 2.75) is 26.2 Å². The molecule has 1 N–H and O–H groups in total. The fourth-order valence-electron chi connectivity index (χ4n) is 1.98. The second-order valence-electron chi connectivity index (χ2n) is 3.93. The Labute approximate surface area is 84.5 Å². The van der Waals surface area contributed by atoms with Crippen molar-refractivity contribution in [3.63, 3.8) is 0 Å². The third kappa shape index (κ3) is 1.98. The summed E-state index contributed by atoms with van der Waals surface area (Å²) >= 11 is 0. The average Bonchev–Trinajstić information content (AvgIpc) is 3.01. The molecular weight excluding hydrogens is 178 g/mol. The highest BCUT2D eigenvalue weighted by Crippen LogP contribution is 2.39. The van der Waals surface area contributed by atoms with Gasteiger partial charge < -0.3 is 10.1 Å². The predicted octanol–water partition coefficient (Wildman–Crippen LogP) is 1.25. The van der Waals surface area contributed by atoms with Crippen LogP contribution in [0.1, 0.15) is 26.2 Å². The van der Waals surface area contributed by atoms with E-state index < -0.39 is 0 Å². The second kappa shape index (κ2) is 4.13. The molecule has 1 heterocycles. The molecule has 2 aliphatic rings. The molecule has 0 unspecified atom stereocenters. The van der Waals surface area contributed by atoms with E-state index in [4.69, 9.17) is 4.74 Å². The lowest BCUT2D eigenvalue weighted by molar-refractivity contribution is -0.138. The van der Waals surface area contributed by atoms with Gasteiger partial charge in [-0.15, -0.1) is 0 Å². The Bertz CT molecular complexity index is 266. The van der Waals surface area contributed by atoms with Crippen LogP contribution in [0, 0.1) is 5.92 Å². The number of esters is 1. The van der Waals surface area contributed by atoms with E-state index >= 15 is 0 Å². The van der Waals surface area contributed by atoms with Gasteiger partial charge in [0.1, 0.15) is 0 Å². The van der Waals surface area contributed by atoms with Crippen LogP contribution >= 0.6 is 0 Å². The van der Waals surface area contributed by atoms with Crippen molar-refractivity contribution in [1.82, 2.24) is 5.32 Å². The van der Waals surface area contributed by atoms with Crippen LogP contribution in [-0.4, -0.2) is 25.7 Å². The van der Waals surface area contributed by atoms with Crippen molar-refractivity contribution < 1.29 is 9.53 Å². The summed E-state index contributed by atoms with van der Waals surface area (Å²) in [6, 6.07) is 0. The van der Waals surface area contributed by atoms with Crippen LogP contribution in [0.15, 0.2) is 11.1 Å². The summed E-state index contributed by atoms with van der Waals surface area (Å²) in [5.74, 6) is 0.582. The molecule has 0 atom stereocenters. The van der Waals surface area contributed by atoms with Crippen LogP contribution in [0.4, 0.5) is 0 Å². The van der Waals surface area contributed by atoms with Crippen molar-refractivity contribution in [1.29, 1.82) is 0 Å². The van der Waals surface area contributed by atoms with Gasteiger partial charge in [-0.3, -0.25) is 0 Å². The largest absolute Gasteiger partial charge is 0.463 e. The molecule has 0 aromatic carbocycles. The fourth-order valence-corrected chi connectivity index (χ4v) is 1.98. The minimum atomic E-state index is -0.0871. The summed E-state index contributed by atoms with van der Waals surface area (Å²) in [6.45, 7) is 4.13. The maximum Gasteiger partial charge on any atom is 0.334 e. The number of carbonyl (C=O) groups is 1. The van der Waals surface area contributed by atoms with Gasteiger partial charge in [-0.05, 0) is 44.2 Å². The maximum atomic E-state index is 11.6. The summed E-state index contributed by atoms with van der Waals surface area (Å²) in [5, 5.41) is 3.32. The van der Waals surface area contributed by atoms with Crippen LogP contribution in [0.5, 0.6) is 0 Å². The Morgan fingerprint density at radius 1 is 1.57 bits per heavy atom. The first-order valence-corrected chi connectivity index (χ1v) is 5.42. The van der Waals surface area contributed by atoms with Crippen LogP contribution < -0.4 is 5.32 Å². The molecule has 0 saturated heterocycles. The van der Waals surface area contributed by atoms with Gasteiger partial charge in [-0.1, -0.05) is 0 Å². The fraction of sp³-hybridized carbons (Fsp3) is 0.727. The Balaban J connectivity index is 2.13. The van der Waals surface area contributed by atoms with E-state index in [2.05, 4.69) is 5.32 Å². The molecule has 0 spiro atoms. The molecule has 0 aromatic rings. The minimum Gasteiger partial charge on any atom is -0.463 e.